The van der Waals surface area contributed by atoms with Crippen molar-refractivity contribution in [1.82, 2.24) is 15.1 Å². The Morgan fingerprint density at radius 1 is 1.15 bits per heavy atom. The van der Waals surface area contributed by atoms with E-state index in [9.17, 15) is 14.9 Å². The summed E-state index contributed by atoms with van der Waals surface area (Å²) in [4.78, 5) is 25.0. The molecule has 2 aromatic carbocycles. The maximum Gasteiger partial charge on any atom is 0.270 e. The van der Waals surface area contributed by atoms with Crippen LogP contribution in [0.25, 0.3) is 11.5 Å². The smallest absolute Gasteiger partial charge is 0.270 e. The molecule has 27 heavy (non-hydrogen) atoms. The second-order valence-corrected chi connectivity index (χ2v) is 6.34. The van der Waals surface area contributed by atoms with Crippen LogP contribution >= 0.6 is 0 Å². The van der Waals surface area contributed by atoms with Crippen molar-refractivity contribution in [2.45, 2.75) is 25.4 Å². The first-order chi connectivity index (χ1) is 13.1. The van der Waals surface area contributed by atoms with Crippen LogP contribution in [0.5, 0.6) is 0 Å². The first-order valence-corrected chi connectivity index (χ1v) is 8.55. The standard InChI is InChI=1S/C19H16N4O4/c24-19(13-5-2-1-3-6-13)22(15-9-10-15)12-17-20-21-18(27-17)14-7-4-8-16(11-14)23(25)26/h1-8,11,15H,9-10,12H2. The van der Waals surface area contributed by atoms with Crippen LogP contribution in [0.15, 0.2) is 59.0 Å². The minimum atomic E-state index is -0.478. The van der Waals surface area contributed by atoms with Gasteiger partial charge in [0.25, 0.3) is 11.6 Å². The Bertz CT molecular complexity index is 982. The van der Waals surface area contributed by atoms with E-state index in [1.54, 1.807) is 29.2 Å². The summed E-state index contributed by atoms with van der Waals surface area (Å²) in [5, 5.41) is 18.9. The molecule has 1 amide bonds. The minimum Gasteiger partial charge on any atom is -0.419 e. The minimum absolute atomic E-state index is 0.0499. The molecular formula is C19H16N4O4. The molecular weight excluding hydrogens is 348 g/mol. The Morgan fingerprint density at radius 2 is 1.93 bits per heavy atom. The maximum atomic E-state index is 12.8. The Kier molecular flexibility index (Phi) is 4.37. The third kappa shape index (κ3) is 3.69. The number of carbonyl (C=O) groups excluding carboxylic acids is 1. The van der Waals surface area contributed by atoms with Gasteiger partial charge in [0.15, 0.2) is 0 Å². The van der Waals surface area contributed by atoms with Crippen molar-refractivity contribution in [1.29, 1.82) is 0 Å². The normalized spacial score (nSPS) is 13.3. The zero-order chi connectivity index (χ0) is 18.8. The molecule has 1 aliphatic rings. The molecule has 1 saturated carbocycles. The molecule has 1 fully saturated rings. The second kappa shape index (κ2) is 6.99. The van der Waals surface area contributed by atoms with Crippen molar-refractivity contribution < 1.29 is 14.1 Å². The highest BCUT2D eigenvalue weighted by atomic mass is 16.6. The van der Waals surface area contributed by atoms with E-state index < -0.39 is 4.92 Å². The fourth-order valence-electron chi connectivity index (χ4n) is 2.83. The average Bonchev–Trinajstić information content (AvgIpc) is 3.44. The van der Waals surface area contributed by atoms with Gasteiger partial charge in [0.05, 0.1) is 11.5 Å². The monoisotopic (exact) mass is 364 g/mol. The summed E-state index contributed by atoms with van der Waals surface area (Å²) in [6.07, 6.45) is 1.90. The predicted molar refractivity (Wildman–Crippen MR) is 95.7 cm³/mol. The molecule has 8 nitrogen and oxygen atoms in total. The van der Waals surface area contributed by atoms with Crippen molar-refractivity contribution in [3.8, 4) is 11.5 Å². The Balaban J connectivity index is 1.55. The van der Waals surface area contributed by atoms with E-state index >= 15 is 0 Å². The van der Waals surface area contributed by atoms with E-state index in [-0.39, 0.29) is 30.1 Å². The van der Waals surface area contributed by atoms with Gasteiger partial charge in [-0.3, -0.25) is 14.9 Å². The van der Waals surface area contributed by atoms with Crippen molar-refractivity contribution >= 4 is 11.6 Å². The molecule has 1 heterocycles. The molecule has 0 unspecified atom stereocenters. The molecule has 0 saturated heterocycles. The number of nitro benzene ring substituents is 1. The van der Waals surface area contributed by atoms with Crippen LogP contribution < -0.4 is 0 Å². The molecule has 1 aliphatic carbocycles. The van der Waals surface area contributed by atoms with Gasteiger partial charge in [-0.05, 0) is 31.0 Å². The number of carbonyl (C=O) groups is 1. The highest BCUT2D eigenvalue weighted by Crippen LogP contribution is 2.30. The first-order valence-electron chi connectivity index (χ1n) is 8.55. The molecule has 1 aromatic heterocycles. The van der Waals surface area contributed by atoms with E-state index in [1.807, 2.05) is 18.2 Å². The van der Waals surface area contributed by atoms with Crippen LogP contribution in [0.4, 0.5) is 5.69 Å². The molecule has 0 bridgehead atoms. The number of rotatable bonds is 6. The molecule has 0 atom stereocenters. The lowest BCUT2D eigenvalue weighted by molar-refractivity contribution is -0.384. The third-order valence-corrected chi connectivity index (χ3v) is 4.35. The second-order valence-electron chi connectivity index (χ2n) is 6.34. The number of nitro groups is 1. The summed E-state index contributed by atoms with van der Waals surface area (Å²) in [7, 11) is 0. The van der Waals surface area contributed by atoms with Gasteiger partial charge < -0.3 is 9.32 Å². The lowest BCUT2D eigenvalue weighted by Gasteiger charge is -2.20. The van der Waals surface area contributed by atoms with Gasteiger partial charge in [-0.15, -0.1) is 10.2 Å². The zero-order valence-electron chi connectivity index (χ0n) is 14.3. The number of hydrogen-bond acceptors (Lipinski definition) is 6. The van der Waals surface area contributed by atoms with E-state index in [2.05, 4.69) is 10.2 Å². The molecule has 0 aliphatic heterocycles. The number of hydrogen-bond donors (Lipinski definition) is 0. The quantitative estimate of drug-likeness (QED) is 0.490. The number of non-ortho nitro benzene ring substituents is 1. The number of aromatic nitrogens is 2. The predicted octanol–water partition coefficient (Wildman–Crippen LogP) is 3.45. The number of nitrogens with zero attached hydrogens (tertiary/aromatic N) is 4. The van der Waals surface area contributed by atoms with Crippen LogP contribution in [-0.4, -0.2) is 32.0 Å². The van der Waals surface area contributed by atoms with E-state index in [0.29, 0.717) is 17.0 Å². The number of amides is 1. The summed E-state index contributed by atoms with van der Waals surface area (Å²) in [6.45, 7) is 0.209. The van der Waals surface area contributed by atoms with Crippen LogP contribution in [0.3, 0.4) is 0 Å². The molecule has 0 spiro atoms. The van der Waals surface area contributed by atoms with Crippen LogP contribution in [0.2, 0.25) is 0 Å². The van der Waals surface area contributed by atoms with E-state index in [1.165, 1.54) is 12.1 Å². The van der Waals surface area contributed by atoms with E-state index in [4.69, 9.17) is 4.42 Å². The molecule has 136 valence electrons. The SMILES string of the molecule is O=C(c1ccccc1)N(Cc1nnc(-c2cccc([N+](=O)[O-])c2)o1)C1CC1. The Labute approximate surface area is 154 Å². The molecule has 8 heteroatoms. The van der Waals surface area contributed by atoms with Gasteiger partial charge in [-0.2, -0.15) is 0 Å². The Hall–Kier alpha value is -3.55. The lowest BCUT2D eigenvalue weighted by atomic mass is 10.2. The highest BCUT2D eigenvalue weighted by molar-refractivity contribution is 5.94. The van der Waals surface area contributed by atoms with Gasteiger partial charge >= 0.3 is 0 Å². The van der Waals surface area contributed by atoms with Crippen LogP contribution in [0.1, 0.15) is 29.1 Å². The van der Waals surface area contributed by atoms with Gasteiger partial charge in [-0.25, -0.2) is 0 Å². The van der Waals surface area contributed by atoms with Crippen molar-refractivity contribution in [3.63, 3.8) is 0 Å². The zero-order valence-corrected chi connectivity index (χ0v) is 14.3. The molecule has 3 aromatic rings. The highest BCUT2D eigenvalue weighted by Gasteiger charge is 2.34. The fraction of sp³-hybridized carbons (Fsp3) is 0.211. The van der Waals surface area contributed by atoms with Crippen LogP contribution in [-0.2, 0) is 6.54 Å². The average molecular weight is 364 g/mol. The maximum absolute atomic E-state index is 12.8. The van der Waals surface area contributed by atoms with Crippen molar-refractivity contribution in [2.24, 2.45) is 0 Å². The lowest BCUT2D eigenvalue weighted by Crippen LogP contribution is -2.32. The van der Waals surface area contributed by atoms with Gasteiger partial charge in [-0.1, -0.05) is 24.3 Å². The summed E-state index contributed by atoms with van der Waals surface area (Å²) < 4.78 is 5.66. The van der Waals surface area contributed by atoms with Crippen molar-refractivity contribution in [3.05, 3.63) is 76.2 Å². The van der Waals surface area contributed by atoms with E-state index in [0.717, 1.165) is 12.8 Å². The third-order valence-electron chi connectivity index (χ3n) is 4.35. The molecule has 0 radical (unpaired) electrons. The van der Waals surface area contributed by atoms with Crippen LogP contribution in [0, 0.1) is 10.1 Å². The van der Waals surface area contributed by atoms with Gasteiger partial charge in [0.1, 0.15) is 0 Å². The summed E-state index contributed by atoms with van der Waals surface area (Å²) in [5.41, 5.74) is 1.03. The van der Waals surface area contributed by atoms with Gasteiger partial charge in [0, 0.05) is 29.3 Å². The summed E-state index contributed by atoms with van der Waals surface area (Å²) in [6, 6.07) is 15.2. The topological polar surface area (TPSA) is 102 Å². The summed E-state index contributed by atoms with van der Waals surface area (Å²) in [5.74, 6) is 0.414. The first kappa shape index (κ1) is 16.9. The molecule has 4 rings (SSSR count). The van der Waals surface area contributed by atoms with Crippen molar-refractivity contribution in [2.75, 3.05) is 0 Å². The molecule has 0 N–H and O–H groups in total. The summed E-state index contributed by atoms with van der Waals surface area (Å²) >= 11 is 0. The Morgan fingerprint density at radius 3 is 2.63 bits per heavy atom. The fourth-order valence-corrected chi connectivity index (χ4v) is 2.83. The van der Waals surface area contributed by atoms with Gasteiger partial charge in [0.2, 0.25) is 11.8 Å². The number of benzene rings is 2. The largest absolute Gasteiger partial charge is 0.419 e.